The Labute approximate surface area is 165 Å². The number of hydrogen-bond donors (Lipinski definition) is 1. The lowest BCUT2D eigenvalue weighted by molar-refractivity contribution is -0.115. The number of carbonyl (C=O) groups is 1. The molecule has 0 spiro atoms. The Morgan fingerprint density at radius 3 is 2.65 bits per heavy atom. The molecule has 8 heteroatoms. The van der Waals surface area contributed by atoms with Crippen LogP contribution in [-0.4, -0.2) is 28.0 Å². The first-order valence-electron chi connectivity index (χ1n) is 7.84. The fraction of sp³-hybridized carbons (Fsp3) is 0.167. The predicted octanol–water partition coefficient (Wildman–Crippen LogP) is 4.79. The number of carbonyl (C=O) groups excluding carboxylic acids is 1. The molecule has 3 aromatic rings. The van der Waals surface area contributed by atoms with Crippen LogP contribution in [0.1, 0.15) is 6.92 Å². The number of rotatable bonds is 6. The predicted molar refractivity (Wildman–Crippen MR) is 109 cm³/mol. The van der Waals surface area contributed by atoms with Crippen LogP contribution in [0.5, 0.6) is 5.75 Å². The van der Waals surface area contributed by atoms with Crippen molar-refractivity contribution in [3.05, 3.63) is 58.6 Å². The molecule has 134 valence electrons. The summed E-state index contributed by atoms with van der Waals surface area (Å²) in [6.45, 7) is 1.84. The number of nitrogens with zero attached hydrogens (tertiary/aromatic N) is 2. The Hall–Kier alpha value is -2.16. The summed E-state index contributed by atoms with van der Waals surface area (Å²) in [7, 11) is 1.58. The highest BCUT2D eigenvalue weighted by molar-refractivity contribution is 8.02. The molecule has 2 aromatic carbocycles. The van der Waals surface area contributed by atoms with Gasteiger partial charge >= 0.3 is 0 Å². The van der Waals surface area contributed by atoms with Gasteiger partial charge in [0.2, 0.25) is 5.91 Å². The van der Waals surface area contributed by atoms with Gasteiger partial charge in [-0.15, -0.1) is 5.10 Å². The molecule has 0 bridgehead atoms. The van der Waals surface area contributed by atoms with Crippen molar-refractivity contribution in [3.63, 3.8) is 0 Å². The summed E-state index contributed by atoms with van der Waals surface area (Å²) in [5, 5.41) is 7.10. The van der Waals surface area contributed by atoms with Crippen molar-refractivity contribution in [3.8, 4) is 11.4 Å². The highest BCUT2D eigenvalue weighted by atomic mass is 32.2. The molecule has 3 rings (SSSR count). The van der Waals surface area contributed by atoms with Gasteiger partial charge in [0.15, 0.2) is 8.29 Å². The molecule has 0 saturated carbocycles. The molecule has 1 atom stereocenters. The number of methoxy groups -OCH3 is 1. The lowest BCUT2D eigenvalue weighted by atomic mass is 10.3. The Kier molecular flexibility index (Phi) is 6.08. The number of benzene rings is 2. The van der Waals surface area contributed by atoms with Crippen LogP contribution in [0.4, 0.5) is 5.69 Å². The van der Waals surface area contributed by atoms with Crippen LogP contribution in [0.15, 0.2) is 58.9 Å². The number of thioether (sulfide) groups is 1. The zero-order valence-corrected chi connectivity index (χ0v) is 16.7. The molecule has 0 aliphatic carbocycles. The van der Waals surface area contributed by atoms with Gasteiger partial charge < -0.3 is 10.1 Å². The van der Waals surface area contributed by atoms with Crippen LogP contribution in [0.25, 0.3) is 5.69 Å². The summed E-state index contributed by atoms with van der Waals surface area (Å²) in [6, 6.07) is 17.0. The van der Waals surface area contributed by atoms with E-state index in [4.69, 9.17) is 17.0 Å². The van der Waals surface area contributed by atoms with E-state index in [9.17, 15) is 4.79 Å². The quantitative estimate of drug-likeness (QED) is 0.474. The summed E-state index contributed by atoms with van der Waals surface area (Å²) < 4.78 is 8.38. The number of amides is 1. The smallest absolute Gasteiger partial charge is 0.237 e. The Bertz CT molecular complexity index is 954. The Balaban J connectivity index is 1.71. The van der Waals surface area contributed by atoms with Crippen molar-refractivity contribution in [1.29, 1.82) is 0 Å². The molecule has 1 aromatic heterocycles. The van der Waals surface area contributed by atoms with Crippen LogP contribution < -0.4 is 10.1 Å². The number of anilines is 1. The monoisotopic (exact) mass is 403 g/mol. The van der Waals surface area contributed by atoms with Gasteiger partial charge in [0.25, 0.3) is 0 Å². The summed E-state index contributed by atoms with van der Waals surface area (Å²) in [6.07, 6.45) is 0. The topological polar surface area (TPSA) is 56.1 Å². The molecule has 1 heterocycles. The molecule has 1 N–H and O–H groups in total. The molecule has 0 saturated heterocycles. The first-order valence-corrected chi connectivity index (χ1v) is 9.95. The van der Waals surface area contributed by atoms with Gasteiger partial charge in [-0.05, 0) is 43.4 Å². The van der Waals surface area contributed by atoms with Crippen molar-refractivity contribution >= 4 is 46.9 Å². The third-order valence-corrected chi connectivity index (χ3v) is 5.96. The second kappa shape index (κ2) is 8.48. The molecule has 5 nitrogen and oxygen atoms in total. The molecular formula is C18H17N3O2S3. The molecule has 0 aliphatic heterocycles. The highest BCUT2D eigenvalue weighted by Crippen LogP contribution is 2.29. The lowest BCUT2D eigenvalue weighted by Crippen LogP contribution is -2.22. The Morgan fingerprint density at radius 1 is 1.23 bits per heavy atom. The van der Waals surface area contributed by atoms with Crippen molar-refractivity contribution in [1.82, 2.24) is 9.78 Å². The number of para-hydroxylation sites is 3. The van der Waals surface area contributed by atoms with E-state index in [2.05, 4.69) is 10.4 Å². The third-order valence-electron chi connectivity index (χ3n) is 3.54. The minimum Gasteiger partial charge on any atom is -0.495 e. The number of nitrogens with one attached hydrogen (secondary N) is 1. The lowest BCUT2D eigenvalue weighted by Gasteiger charge is -2.12. The molecule has 26 heavy (non-hydrogen) atoms. The van der Waals surface area contributed by atoms with E-state index in [-0.39, 0.29) is 11.2 Å². The molecule has 0 radical (unpaired) electrons. The van der Waals surface area contributed by atoms with E-state index in [0.717, 1.165) is 10.0 Å². The fourth-order valence-corrected chi connectivity index (χ4v) is 4.73. The maximum Gasteiger partial charge on any atom is 0.237 e. The maximum atomic E-state index is 12.5. The molecule has 0 fully saturated rings. The fourth-order valence-electron chi connectivity index (χ4n) is 2.23. The standard InChI is InChI=1S/C18H17N3O2S3/c1-12(16(22)19-14-10-6-7-11-15(14)23-2)25-17-20-21(18(24)26-17)13-8-4-3-5-9-13/h3-12H,1-2H3,(H,19,22)/t12-/m0/s1. The summed E-state index contributed by atoms with van der Waals surface area (Å²) in [5.74, 6) is 0.508. The van der Waals surface area contributed by atoms with Crippen LogP contribution in [-0.2, 0) is 4.79 Å². The van der Waals surface area contributed by atoms with Gasteiger partial charge in [-0.1, -0.05) is 53.4 Å². The van der Waals surface area contributed by atoms with Crippen LogP contribution in [0.2, 0.25) is 0 Å². The third kappa shape index (κ3) is 4.32. The van der Waals surface area contributed by atoms with Gasteiger partial charge in [0, 0.05) is 0 Å². The summed E-state index contributed by atoms with van der Waals surface area (Å²) in [5.41, 5.74) is 1.56. The van der Waals surface area contributed by atoms with Gasteiger partial charge in [-0.3, -0.25) is 4.79 Å². The first-order chi connectivity index (χ1) is 12.6. The van der Waals surface area contributed by atoms with E-state index in [1.165, 1.54) is 23.1 Å². The summed E-state index contributed by atoms with van der Waals surface area (Å²) in [4.78, 5) is 12.5. The maximum absolute atomic E-state index is 12.5. The molecule has 1 amide bonds. The van der Waals surface area contributed by atoms with Crippen LogP contribution in [0.3, 0.4) is 0 Å². The largest absolute Gasteiger partial charge is 0.495 e. The van der Waals surface area contributed by atoms with Gasteiger partial charge in [-0.2, -0.15) is 0 Å². The van der Waals surface area contributed by atoms with Crippen LogP contribution in [0, 0.1) is 3.95 Å². The van der Waals surface area contributed by atoms with Crippen molar-refractivity contribution in [2.75, 3.05) is 12.4 Å². The van der Waals surface area contributed by atoms with Crippen molar-refractivity contribution in [2.24, 2.45) is 0 Å². The van der Waals surface area contributed by atoms with Crippen molar-refractivity contribution in [2.45, 2.75) is 16.5 Å². The van der Waals surface area contributed by atoms with E-state index >= 15 is 0 Å². The van der Waals surface area contributed by atoms with E-state index < -0.39 is 0 Å². The zero-order chi connectivity index (χ0) is 18.5. The average molecular weight is 404 g/mol. The average Bonchev–Trinajstić information content (AvgIpc) is 3.03. The number of hydrogen-bond acceptors (Lipinski definition) is 6. The SMILES string of the molecule is COc1ccccc1NC(=O)[C@H](C)Sc1nn(-c2ccccc2)c(=S)s1. The molecular weight excluding hydrogens is 386 g/mol. The number of ether oxygens (including phenoxy) is 1. The Morgan fingerprint density at radius 2 is 1.92 bits per heavy atom. The van der Waals surface area contributed by atoms with E-state index in [1.807, 2.05) is 55.5 Å². The summed E-state index contributed by atoms with van der Waals surface area (Å²) >= 11 is 8.17. The van der Waals surface area contributed by atoms with Gasteiger partial charge in [0.05, 0.1) is 23.7 Å². The second-order valence-electron chi connectivity index (χ2n) is 5.33. The number of aromatic nitrogens is 2. The highest BCUT2D eigenvalue weighted by Gasteiger charge is 2.18. The van der Waals surface area contributed by atoms with E-state index in [1.54, 1.807) is 17.9 Å². The van der Waals surface area contributed by atoms with E-state index in [0.29, 0.717) is 15.4 Å². The van der Waals surface area contributed by atoms with Gasteiger partial charge in [-0.25, -0.2) is 4.68 Å². The second-order valence-corrected chi connectivity index (χ2v) is 8.54. The molecule has 0 aliphatic rings. The van der Waals surface area contributed by atoms with Crippen LogP contribution >= 0.6 is 35.3 Å². The first kappa shape index (κ1) is 18.6. The zero-order valence-electron chi connectivity index (χ0n) is 14.2. The minimum atomic E-state index is -0.329. The molecule has 0 unspecified atom stereocenters. The minimum absolute atomic E-state index is 0.119. The van der Waals surface area contributed by atoms with Gasteiger partial charge in [0.1, 0.15) is 5.75 Å². The normalized spacial score (nSPS) is 11.8. The van der Waals surface area contributed by atoms with Crippen molar-refractivity contribution < 1.29 is 9.53 Å².